The Balaban J connectivity index is 1.83. The number of methoxy groups -OCH3 is 1. The summed E-state index contributed by atoms with van der Waals surface area (Å²) < 4.78 is 12.3. The van der Waals surface area contributed by atoms with Crippen LogP contribution in [0, 0.1) is 17.2 Å². The third-order valence-corrected chi connectivity index (χ3v) is 7.25. The third-order valence-electron chi connectivity index (χ3n) is 7.25. The van der Waals surface area contributed by atoms with Gasteiger partial charge in [-0.1, -0.05) is 49.4 Å². The molecule has 1 aromatic heterocycles. The monoisotopic (exact) mass is 457 g/mol. The number of benzene rings is 2. The maximum atomic E-state index is 12.6. The molecule has 0 saturated heterocycles. The zero-order valence-electron chi connectivity index (χ0n) is 19.1. The lowest BCUT2D eigenvalue weighted by molar-refractivity contribution is -0.152. The van der Waals surface area contributed by atoms with E-state index in [0.717, 1.165) is 12.1 Å². The Hall–Kier alpha value is -3.44. The minimum atomic E-state index is -1.83. The second kappa shape index (κ2) is 8.41. The molecular formula is C27H27N3O4. The van der Waals surface area contributed by atoms with Crippen LogP contribution in [-0.4, -0.2) is 41.5 Å². The van der Waals surface area contributed by atoms with Gasteiger partial charge in [0.25, 0.3) is 0 Å². The molecule has 2 aromatic carbocycles. The molecule has 7 heteroatoms. The second-order valence-corrected chi connectivity index (χ2v) is 8.81. The molecule has 174 valence electrons. The molecule has 7 nitrogen and oxygen atoms in total. The minimum absolute atomic E-state index is 0.352. The Labute approximate surface area is 198 Å². The number of nitrogens with one attached hydrogen (secondary N) is 1. The van der Waals surface area contributed by atoms with E-state index >= 15 is 0 Å². The summed E-state index contributed by atoms with van der Waals surface area (Å²) in [5.74, 6) is -0.0784. The molecule has 34 heavy (non-hydrogen) atoms. The SMILES string of the molecule is CCNCC1[C@@H](c2ccccc2)C2(c3ccc(C#N)cc3)Oc3cncc(OC)c3[C@]2(O)[C@@H]1O. The summed E-state index contributed by atoms with van der Waals surface area (Å²) >= 11 is 0. The van der Waals surface area contributed by atoms with Crippen molar-refractivity contribution in [2.45, 2.75) is 30.1 Å². The van der Waals surface area contributed by atoms with Crippen molar-refractivity contribution in [2.75, 3.05) is 20.2 Å². The molecule has 0 spiro atoms. The number of nitrogens with zero attached hydrogens (tertiary/aromatic N) is 2. The van der Waals surface area contributed by atoms with E-state index in [1.54, 1.807) is 30.5 Å². The maximum Gasteiger partial charge on any atom is 0.177 e. The van der Waals surface area contributed by atoms with E-state index < -0.39 is 23.2 Å². The molecule has 0 bridgehead atoms. The molecule has 2 aliphatic rings. The summed E-state index contributed by atoms with van der Waals surface area (Å²) in [6.07, 6.45) is 1.90. The van der Waals surface area contributed by atoms with Gasteiger partial charge in [-0.25, -0.2) is 0 Å². The van der Waals surface area contributed by atoms with Gasteiger partial charge in [-0.3, -0.25) is 4.98 Å². The van der Waals surface area contributed by atoms with Gasteiger partial charge in [0.2, 0.25) is 0 Å². The fraction of sp³-hybridized carbons (Fsp3) is 0.333. The normalized spacial score (nSPS) is 29.1. The number of fused-ring (bicyclic) bond motifs is 3. The van der Waals surface area contributed by atoms with Gasteiger partial charge in [-0.05, 0) is 29.8 Å². The number of pyridine rings is 1. The lowest BCUT2D eigenvalue weighted by Crippen LogP contribution is -2.52. The van der Waals surface area contributed by atoms with Gasteiger partial charge >= 0.3 is 0 Å². The van der Waals surface area contributed by atoms with E-state index in [2.05, 4.69) is 16.4 Å². The van der Waals surface area contributed by atoms with Crippen LogP contribution in [0.3, 0.4) is 0 Å². The average Bonchev–Trinajstić information content (AvgIpc) is 3.26. The standard InChI is InChI=1S/C27H27N3O4/c1-3-29-14-20-23(18-7-5-4-6-8-18)27(19-11-9-17(13-28)10-12-19)26(32,25(20)31)24-21(33-2)15-30-16-22(24)34-27/h4-12,15-16,20,23,25,29,31-32H,3,14H2,1-2H3/t20?,23-,25-,26+,27?/m1/s1. The predicted molar refractivity (Wildman–Crippen MR) is 125 cm³/mol. The first kappa shape index (κ1) is 22.4. The van der Waals surface area contributed by atoms with E-state index in [0.29, 0.717) is 34.7 Å². The predicted octanol–water partition coefficient (Wildman–Crippen LogP) is 2.82. The first-order valence-corrected chi connectivity index (χ1v) is 11.4. The number of nitriles is 1. The first-order valence-electron chi connectivity index (χ1n) is 11.4. The van der Waals surface area contributed by atoms with Crippen LogP contribution in [0.15, 0.2) is 67.0 Å². The number of aliphatic hydroxyl groups is 2. The van der Waals surface area contributed by atoms with Gasteiger partial charge in [0.15, 0.2) is 11.2 Å². The third kappa shape index (κ3) is 2.90. The molecule has 2 heterocycles. The fourth-order valence-electron chi connectivity index (χ4n) is 5.86. The molecule has 0 radical (unpaired) electrons. The van der Waals surface area contributed by atoms with E-state index in [1.165, 1.54) is 13.3 Å². The van der Waals surface area contributed by atoms with Crippen molar-refractivity contribution in [1.82, 2.24) is 10.3 Å². The lowest BCUT2D eigenvalue weighted by atomic mass is 9.70. The van der Waals surface area contributed by atoms with Crippen LogP contribution in [0.25, 0.3) is 0 Å². The number of ether oxygens (including phenoxy) is 2. The minimum Gasteiger partial charge on any atom is -0.495 e. The molecule has 1 fully saturated rings. The second-order valence-electron chi connectivity index (χ2n) is 8.81. The van der Waals surface area contributed by atoms with Crippen molar-refractivity contribution < 1.29 is 19.7 Å². The summed E-state index contributed by atoms with van der Waals surface area (Å²) in [4.78, 5) is 4.23. The zero-order chi connectivity index (χ0) is 23.9. The van der Waals surface area contributed by atoms with Crippen LogP contribution in [0.2, 0.25) is 0 Å². The number of hydrogen-bond acceptors (Lipinski definition) is 7. The summed E-state index contributed by atoms with van der Waals surface area (Å²) in [7, 11) is 1.51. The van der Waals surface area contributed by atoms with Crippen LogP contribution in [-0.2, 0) is 11.2 Å². The van der Waals surface area contributed by atoms with Gasteiger partial charge in [-0.2, -0.15) is 5.26 Å². The summed E-state index contributed by atoms with van der Waals surface area (Å²) in [5, 5.41) is 37.2. The van der Waals surface area contributed by atoms with E-state index in [-0.39, 0.29) is 5.92 Å². The highest BCUT2D eigenvalue weighted by Gasteiger charge is 2.76. The zero-order valence-corrected chi connectivity index (χ0v) is 19.1. The summed E-state index contributed by atoms with van der Waals surface area (Å²) in [6, 6.07) is 19.0. The Kier molecular flexibility index (Phi) is 5.53. The van der Waals surface area contributed by atoms with Crippen LogP contribution in [0.1, 0.15) is 35.1 Å². The topological polar surface area (TPSA) is 108 Å². The Morgan fingerprint density at radius 3 is 2.53 bits per heavy atom. The van der Waals surface area contributed by atoms with Gasteiger partial charge in [0, 0.05) is 18.4 Å². The highest BCUT2D eigenvalue weighted by molar-refractivity contribution is 5.59. The van der Waals surface area contributed by atoms with Crippen molar-refractivity contribution in [3.05, 3.63) is 89.2 Å². The average molecular weight is 458 g/mol. The van der Waals surface area contributed by atoms with Crippen molar-refractivity contribution >= 4 is 0 Å². The highest BCUT2D eigenvalue weighted by Crippen LogP contribution is 2.69. The lowest BCUT2D eigenvalue weighted by Gasteiger charge is -2.41. The number of aromatic nitrogens is 1. The molecule has 1 saturated carbocycles. The van der Waals surface area contributed by atoms with Crippen LogP contribution in [0.5, 0.6) is 11.5 Å². The highest BCUT2D eigenvalue weighted by atomic mass is 16.5. The van der Waals surface area contributed by atoms with E-state index in [4.69, 9.17) is 9.47 Å². The first-order chi connectivity index (χ1) is 16.5. The largest absolute Gasteiger partial charge is 0.495 e. The van der Waals surface area contributed by atoms with Gasteiger partial charge in [0.05, 0.1) is 42.8 Å². The fourth-order valence-corrected chi connectivity index (χ4v) is 5.86. The molecule has 5 atom stereocenters. The molecule has 3 aromatic rings. The number of aliphatic hydroxyl groups excluding tert-OH is 1. The smallest absolute Gasteiger partial charge is 0.177 e. The molecule has 5 rings (SSSR count). The van der Waals surface area contributed by atoms with Gasteiger partial charge < -0.3 is 25.0 Å². The Bertz CT molecular complexity index is 1230. The molecule has 2 unspecified atom stereocenters. The summed E-state index contributed by atoms with van der Waals surface area (Å²) in [5.41, 5.74) is -0.714. The maximum absolute atomic E-state index is 12.6. The van der Waals surface area contributed by atoms with Crippen molar-refractivity contribution in [3.8, 4) is 17.6 Å². The molecule has 1 aliphatic carbocycles. The van der Waals surface area contributed by atoms with E-state index in [1.807, 2.05) is 37.3 Å². The molecule has 1 aliphatic heterocycles. The quantitative estimate of drug-likeness (QED) is 0.522. The van der Waals surface area contributed by atoms with Crippen molar-refractivity contribution in [3.63, 3.8) is 0 Å². The molecular weight excluding hydrogens is 430 g/mol. The summed E-state index contributed by atoms with van der Waals surface area (Å²) in [6.45, 7) is 3.20. The molecule has 3 N–H and O–H groups in total. The van der Waals surface area contributed by atoms with Crippen LogP contribution < -0.4 is 14.8 Å². The molecule has 0 amide bonds. The van der Waals surface area contributed by atoms with Crippen LogP contribution in [0.4, 0.5) is 0 Å². The number of rotatable bonds is 6. The Morgan fingerprint density at radius 2 is 1.88 bits per heavy atom. The van der Waals surface area contributed by atoms with Gasteiger partial charge in [-0.15, -0.1) is 0 Å². The van der Waals surface area contributed by atoms with Gasteiger partial charge in [0.1, 0.15) is 11.5 Å². The van der Waals surface area contributed by atoms with Crippen molar-refractivity contribution in [1.29, 1.82) is 5.26 Å². The number of hydrogen-bond donors (Lipinski definition) is 3. The van der Waals surface area contributed by atoms with E-state index in [9.17, 15) is 15.5 Å². The van der Waals surface area contributed by atoms with Crippen molar-refractivity contribution in [2.24, 2.45) is 5.92 Å². The Morgan fingerprint density at radius 1 is 1.15 bits per heavy atom. The van der Waals surface area contributed by atoms with Crippen LogP contribution >= 0.6 is 0 Å².